The van der Waals surface area contributed by atoms with E-state index in [0.29, 0.717) is 5.56 Å². The summed E-state index contributed by atoms with van der Waals surface area (Å²) in [7, 11) is 0. The highest BCUT2D eigenvalue weighted by Gasteiger charge is 2.39. The van der Waals surface area contributed by atoms with E-state index in [-0.39, 0.29) is 36.5 Å². The molecule has 4 rings (SSSR count). The maximum atomic E-state index is 14.1. The van der Waals surface area contributed by atoms with Crippen molar-refractivity contribution in [3.8, 4) is 11.1 Å². The number of aliphatic hydroxyl groups is 1. The van der Waals surface area contributed by atoms with Gasteiger partial charge < -0.3 is 15.3 Å². The molecule has 2 aromatic rings. The van der Waals surface area contributed by atoms with Crippen molar-refractivity contribution in [3.63, 3.8) is 0 Å². The zero-order chi connectivity index (χ0) is 19.4. The summed E-state index contributed by atoms with van der Waals surface area (Å²) < 4.78 is 14.1. The summed E-state index contributed by atoms with van der Waals surface area (Å²) in [5.74, 6) is -0.0981. The second-order valence-electron chi connectivity index (χ2n) is 8.37. The lowest BCUT2D eigenvalue weighted by Gasteiger charge is -2.42. The zero-order valence-corrected chi connectivity index (χ0v) is 19.0. The van der Waals surface area contributed by atoms with Gasteiger partial charge in [0.1, 0.15) is 5.82 Å². The van der Waals surface area contributed by atoms with Crippen molar-refractivity contribution in [2.24, 2.45) is 0 Å². The largest absolute Gasteiger partial charge is 0.389 e. The third kappa shape index (κ3) is 5.74. The minimum absolute atomic E-state index is 0. The third-order valence-electron chi connectivity index (χ3n) is 6.52. The minimum Gasteiger partial charge on any atom is -0.389 e. The molecule has 0 radical (unpaired) electrons. The van der Waals surface area contributed by atoms with E-state index in [0.717, 1.165) is 64.0 Å². The molecule has 0 bridgehead atoms. The molecule has 1 aliphatic heterocycles. The van der Waals surface area contributed by atoms with Gasteiger partial charge in [0.15, 0.2) is 0 Å². The lowest BCUT2D eigenvalue weighted by Crippen LogP contribution is -2.49. The molecule has 1 heterocycles. The molecule has 2 N–H and O–H groups in total. The van der Waals surface area contributed by atoms with Crippen LogP contribution in [-0.4, -0.2) is 48.3 Å². The number of benzene rings is 2. The molecule has 0 aromatic heterocycles. The fourth-order valence-electron chi connectivity index (χ4n) is 4.84. The van der Waals surface area contributed by atoms with E-state index in [1.807, 2.05) is 24.3 Å². The van der Waals surface area contributed by atoms with Crippen LogP contribution in [0.1, 0.15) is 43.6 Å². The number of halogens is 3. The Morgan fingerprint density at radius 1 is 0.933 bits per heavy atom. The molecule has 1 saturated carbocycles. The van der Waals surface area contributed by atoms with Crippen molar-refractivity contribution in [1.29, 1.82) is 0 Å². The highest BCUT2D eigenvalue weighted by Crippen LogP contribution is 2.41. The Bertz CT molecular complexity index is 775. The van der Waals surface area contributed by atoms with Crippen LogP contribution in [0, 0.1) is 5.82 Å². The predicted molar refractivity (Wildman–Crippen MR) is 126 cm³/mol. The molecule has 2 aliphatic rings. The number of nitrogens with one attached hydrogen (secondary N) is 1. The lowest BCUT2D eigenvalue weighted by atomic mass is 9.72. The van der Waals surface area contributed by atoms with Crippen molar-refractivity contribution in [2.75, 3.05) is 32.7 Å². The van der Waals surface area contributed by atoms with Crippen LogP contribution in [-0.2, 0) is 0 Å². The van der Waals surface area contributed by atoms with Crippen molar-refractivity contribution < 1.29 is 9.50 Å². The van der Waals surface area contributed by atoms with E-state index < -0.39 is 5.60 Å². The maximum Gasteiger partial charge on any atom is 0.131 e. The molecule has 1 aliphatic carbocycles. The van der Waals surface area contributed by atoms with Crippen LogP contribution < -0.4 is 5.32 Å². The Morgan fingerprint density at radius 3 is 2.20 bits per heavy atom. The quantitative estimate of drug-likeness (QED) is 0.665. The average Bonchev–Trinajstić information content (AvgIpc) is 2.74. The van der Waals surface area contributed by atoms with Crippen LogP contribution in [0.2, 0.25) is 0 Å². The fraction of sp³-hybridized carbons (Fsp3) is 0.500. The Labute approximate surface area is 191 Å². The Balaban J connectivity index is 0.00000160. The first-order valence-corrected chi connectivity index (χ1v) is 10.7. The van der Waals surface area contributed by atoms with E-state index in [4.69, 9.17) is 0 Å². The van der Waals surface area contributed by atoms with Crippen LogP contribution in [0.25, 0.3) is 11.1 Å². The summed E-state index contributed by atoms with van der Waals surface area (Å²) in [6.45, 7) is 4.96. The first kappa shape index (κ1) is 25.1. The van der Waals surface area contributed by atoms with Gasteiger partial charge in [-0.15, -0.1) is 24.8 Å². The Hall–Kier alpha value is -1.17. The van der Waals surface area contributed by atoms with Gasteiger partial charge in [0, 0.05) is 44.2 Å². The maximum absolute atomic E-state index is 14.1. The molecular weight excluding hydrogens is 422 g/mol. The number of hydrogen-bond donors (Lipinski definition) is 2. The topological polar surface area (TPSA) is 35.5 Å². The van der Waals surface area contributed by atoms with Crippen LogP contribution in [0.3, 0.4) is 0 Å². The van der Waals surface area contributed by atoms with E-state index in [1.54, 1.807) is 6.07 Å². The predicted octanol–water partition coefficient (Wildman–Crippen LogP) is 5.02. The van der Waals surface area contributed by atoms with Gasteiger partial charge in [-0.3, -0.25) is 0 Å². The molecule has 6 heteroatoms. The van der Waals surface area contributed by atoms with Crippen LogP contribution in [0.15, 0.2) is 48.5 Å². The zero-order valence-electron chi connectivity index (χ0n) is 17.4. The molecule has 1 unspecified atom stereocenters. The second kappa shape index (κ2) is 11.4. The molecule has 1 saturated heterocycles. The monoisotopic (exact) mass is 454 g/mol. The van der Waals surface area contributed by atoms with Crippen molar-refractivity contribution >= 4 is 24.8 Å². The summed E-state index contributed by atoms with van der Waals surface area (Å²) in [6.07, 6.45) is 5.16. The number of hydrogen-bond acceptors (Lipinski definition) is 3. The molecule has 0 spiro atoms. The number of piperazine rings is 1. The summed E-state index contributed by atoms with van der Waals surface area (Å²) in [5.41, 5.74) is 2.05. The molecule has 0 amide bonds. The highest BCUT2D eigenvalue weighted by molar-refractivity contribution is 5.85. The summed E-state index contributed by atoms with van der Waals surface area (Å²) >= 11 is 0. The highest BCUT2D eigenvalue weighted by atomic mass is 35.5. The van der Waals surface area contributed by atoms with Crippen molar-refractivity contribution in [2.45, 2.75) is 43.6 Å². The standard InChI is InChI=1S/C24H31FN2O.2ClH/c25-23-7-3-2-6-21(23)19-8-10-20(11-9-19)22(18-27-16-14-26-15-17-27)24(28)12-4-1-5-13-24;;/h2-3,6-11,22,26,28H,1,4-5,12-18H2;2*1H. The van der Waals surface area contributed by atoms with E-state index in [9.17, 15) is 9.50 Å². The Kier molecular flexibility index (Phi) is 9.58. The van der Waals surface area contributed by atoms with Crippen LogP contribution in [0.5, 0.6) is 0 Å². The molecule has 3 nitrogen and oxygen atoms in total. The van der Waals surface area contributed by atoms with Gasteiger partial charge in [0.2, 0.25) is 0 Å². The van der Waals surface area contributed by atoms with E-state index in [2.05, 4.69) is 22.3 Å². The summed E-state index contributed by atoms with van der Waals surface area (Å²) in [6, 6.07) is 15.1. The van der Waals surface area contributed by atoms with Gasteiger partial charge in [-0.1, -0.05) is 61.7 Å². The molecule has 1 atom stereocenters. The SMILES string of the molecule is Cl.Cl.OC1(C(CN2CCNCC2)c2ccc(-c3ccccc3F)cc2)CCCCC1. The average molecular weight is 455 g/mol. The van der Waals surface area contributed by atoms with E-state index in [1.165, 1.54) is 18.1 Å². The molecular formula is C24H33Cl2FN2O. The lowest BCUT2D eigenvalue weighted by molar-refractivity contribution is -0.0316. The molecule has 166 valence electrons. The second-order valence-corrected chi connectivity index (χ2v) is 8.37. The number of rotatable bonds is 5. The van der Waals surface area contributed by atoms with Crippen molar-refractivity contribution in [1.82, 2.24) is 10.2 Å². The smallest absolute Gasteiger partial charge is 0.131 e. The van der Waals surface area contributed by atoms with Gasteiger partial charge in [0.05, 0.1) is 5.60 Å². The van der Waals surface area contributed by atoms with Gasteiger partial charge in [-0.2, -0.15) is 0 Å². The Morgan fingerprint density at radius 2 is 1.57 bits per heavy atom. The van der Waals surface area contributed by atoms with E-state index >= 15 is 0 Å². The molecule has 2 fully saturated rings. The number of nitrogens with zero attached hydrogens (tertiary/aromatic N) is 1. The first-order valence-electron chi connectivity index (χ1n) is 10.7. The first-order chi connectivity index (χ1) is 13.7. The summed E-state index contributed by atoms with van der Waals surface area (Å²) in [5, 5.41) is 15.0. The van der Waals surface area contributed by atoms with Crippen LogP contribution >= 0.6 is 24.8 Å². The van der Waals surface area contributed by atoms with Gasteiger partial charge in [-0.25, -0.2) is 4.39 Å². The third-order valence-corrected chi connectivity index (χ3v) is 6.52. The molecule has 2 aromatic carbocycles. The molecule has 30 heavy (non-hydrogen) atoms. The van der Waals surface area contributed by atoms with Gasteiger partial charge in [0.25, 0.3) is 0 Å². The fourth-order valence-corrected chi connectivity index (χ4v) is 4.84. The van der Waals surface area contributed by atoms with Crippen LogP contribution in [0.4, 0.5) is 4.39 Å². The minimum atomic E-state index is -0.636. The van der Waals surface area contributed by atoms with Gasteiger partial charge >= 0.3 is 0 Å². The summed E-state index contributed by atoms with van der Waals surface area (Å²) in [4.78, 5) is 2.47. The van der Waals surface area contributed by atoms with Crippen molar-refractivity contribution in [3.05, 3.63) is 59.9 Å². The normalized spacial score (nSPS) is 19.9. The van der Waals surface area contributed by atoms with Gasteiger partial charge in [-0.05, 0) is 30.0 Å².